The second-order valence-corrected chi connectivity index (χ2v) is 5.87. The van der Waals surface area contributed by atoms with E-state index in [-0.39, 0.29) is 29.4 Å². The van der Waals surface area contributed by atoms with Crippen LogP contribution in [0.2, 0.25) is 0 Å². The van der Waals surface area contributed by atoms with E-state index in [4.69, 9.17) is 0 Å². The third kappa shape index (κ3) is 3.95. The first-order valence-corrected chi connectivity index (χ1v) is 7.83. The summed E-state index contributed by atoms with van der Waals surface area (Å²) in [4.78, 5) is 28.5. The summed E-state index contributed by atoms with van der Waals surface area (Å²) in [6.07, 6.45) is 2.30. The highest BCUT2D eigenvalue weighted by molar-refractivity contribution is 5.98. The van der Waals surface area contributed by atoms with Crippen LogP contribution in [0.25, 0.3) is 0 Å². The maximum Gasteiger partial charge on any atom is 0.269 e. The molecule has 0 atom stereocenters. The van der Waals surface area contributed by atoms with Crippen molar-refractivity contribution in [3.05, 3.63) is 64.7 Å². The van der Waals surface area contributed by atoms with Gasteiger partial charge in [-0.25, -0.2) is 9.37 Å². The first kappa shape index (κ1) is 16.1. The number of hydrogen-bond donors (Lipinski definition) is 2. The Morgan fingerprint density at radius 2 is 2.00 bits per heavy atom. The van der Waals surface area contributed by atoms with E-state index in [9.17, 15) is 14.0 Å². The van der Waals surface area contributed by atoms with Gasteiger partial charge >= 0.3 is 0 Å². The fourth-order valence-corrected chi connectivity index (χ4v) is 2.41. The van der Waals surface area contributed by atoms with Crippen LogP contribution in [-0.4, -0.2) is 29.9 Å². The number of carbonyl (C=O) groups excluding carboxylic acids is 2. The molecule has 24 heavy (non-hydrogen) atoms. The van der Waals surface area contributed by atoms with Crippen molar-refractivity contribution in [1.29, 1.82) is 0 Å². The molecule has 1 heterocycles. The van der Waals surface area contributed by atoms with Crippen LogP contribution in [0, 0.1) is 5.82 Å². The van der Waals surface area contributed by atoms with Gasteiger partial charge < -0.3 is 10.6 Å². The molecule has 3 rings (SSSR count). The van der Waals surface area contributed by atoms with Gasteiger partial charge in [-0.1, -0.05) is 12.1 Å². The molecule has 0 bridgehead atoms. The molecular formula is C18H18FN3O2. The predicted molar refractivity (Wildman–Crippen MR) is 87.3 cm³/mol. The van der Waals surface area contributed by atoms with Crippen molar-refractivity contribution >= 4 is 11.8 Å². The highest BCUT2D eigenvalue weighted by Gasteiger charge is 2.24. The molecule has 1 aromatic heterocycles. The third-order valence-corrected chi connectivity index (χ3v) is 3.79. The van der Waals surface area contributed by atoms with Crippen molar-refractivity contribution < 1.29 is 14.0 Å². The molecule has 1 aromatic carbocycles. The Morgan fingerprint density at radius 3 is 2.67 bits per heavy atom. The Hall–Kier alpha value is -2.76. The van der Waals surface area contributed by atoms with Gasteiger partial charge in [-0.05, 0) is 42.7 Å². The molecule has 6 heteroatoms. The Kier molecular flexibility index (Phi) is 4.55. The third-order valence-electron chi connectivity index (χ3n) is 3.79. The normalized spacial score (nSPS) is 13.4. The number of halogens is 1. The molecule has 124 valence electrons. The van der Waals surface area contributed by atoms with Crippen molar-refractivity contribution in [2.24, 2.45) is 0 Å². The molecule has 2 aromatic rings. The summed E-state index contributed by atoms with van der Waals surface area (Å²) in [5.74, 6) is -0.913. The maximum absolute atomic E-state index is 13.3. The minimum absolute atomic E-state index is 0.173. The fourth-order valence-electron chi connectivity index (χ4n) is 2.41. The van der Waals surface area contributed by atoms with Crippen LogP contribution >= 0.6 is 0 Å². The molecule has 2 N–H and O–H groups in total. The Bertz CT molecular complexity index is 788. The molecule has 0 unspecified atom stereocenters. The molecule has 1 fully saturated rings. The lowest BCUT2D eigenvalue weighted by atomic mass is 10.1. The summed E-state index contributed by atoms with van der Waals surface area (Å²) >= 11 is 0. The van der Waals surface area contributed by atoms with Gasteiger partial charge in [0, 0.05) is 30.8 Å². The van der Waals surface area contributed by atoms with Gasteiger partial charge in [-0.15, -0.1) is 0 Å². The number of carbonyl (C=O) groups is 2. The zero-order valence-electron chi connectivity index (χ0n) is 13.3. The first-order valence-electron chi connectivity index (χ1n) is 7.83. The van der Waals surface area contributed by atoms with E-state index >= 15 is 0 Å². The first-order chi connectivity index (χ1) is 11.5. The van der Waals surface area contributed by atoms with Gasteiger partial charge in [0.25, 0.3) is 11.8 Å². The average Bonchev–Trinajstić information content (AvgIpc) is 3.37. The van der Waals surface area contributed by atoms with Crippen LogP contribution in [0.5, 0.6) is 0 Å². The fraction of sp³-hybridized carbons (Fsp3) is 0.278. The number of amides is 2. The summed E-state index contributed by atoms with van der Waals surface area (Å²) < 4.78 is 13.3. The van der Waals surface area contributed by atoms with Crippen LogP contribution in [0.3, 0.4) is 0 Å². The summed E-state index contributed by atoms with van der Waals surface area (Å²) in [7, 11) is 1.51. The minimum Gasteiger partial charge on any atom is -0.354 e. The maximum atomic E-state index is 13.3. The smallest absolute Gasteiger partial charge is 0.269 e. The van der Waals surface area contributed by atoms with E-state index in [1.807, 2.05) is 0 Å². The Balaban J connectivity index is 1.91. The quantitative estimate of drug-likeness (QED) is 0.883. The van der Waals surface area contributed by atoms with Crippen LogP contribution in [0.1, 0.15) is 44.9 Å². The summed E-state index contributed by atoms with van der Waals surface area (Å²) in [5, 5.41) is 5.40. The van der Waals surface area contributed by atoms with Crippen molar-refractivity contribution in [1.82, 2.24) is 15.6 Å². The van der Waals surface area contributed by atoms with E-state index in [0.717, 1.165) is 18.4 Å². The lowest BCUT2D eigenvalue weighted by Gasteiger charge is -2.09. The van der Waals surface area contributed by atoms with Gasteiger partial charge in [-0.3, -0.25) is 9.59 Å². The average molecular weight is 327 g/mol. The molecule has 0 radical (unpaired) electrons. The number of benzene rings is 1. The predicted octanol–water partition coefficient (Wildman–Crippen LogP) is 2.06. The number of hydrogen-bond acceptors (Lipinski definition) is 3. The molecule has 1 aliphatic carbocycles. The van der Waals surface area contributed by atoms with Crippen molar-refractivity contribution in [3.63, 3.8) is 0 Å². The van der Waals surface area contributed by atoms with Gasteiger partial charge in [0.1, 0.15) is 11.5 Å². The zero-order valence-corrected chi connectivity index (χ0v) is 13.3. The molecule has 5 nitrogen and oxygen atoms in total. The standard InChI is InChI=1S/C18H18FN3O2/c1-20-18(24)16-10-12(17(23)22-14-5-6-14)9-15(21-16)8-11-3-2-4-13(19)7-11/h2-4,7,9-10,14H,5-6,8H2,1H3,(H,20,24)(H,22,23). The highest BCUT2D eigenvalue weighted by atomic mass is 19.1. The number of nitrogens with zero attached hydrogens (tertiary/aromatic N) is 1. The second kappa shape index (κ2) is 6.78. The second-order valence-electron chi connectivity index (χ2n) is 5.87. The van der Waals surface area contributed by atoms with E-state index in [1.54, 1.807) is 18.2 Å². The van der Waals surface area contributed by atoms with E-state index in [2.05, 4.69) is 15.6 Å². The number of pyridine rings is 1. The lowest BCUT2D eigenvalue weighted by molar-refractivity contribution is 0.0951. The van der Waals surface area contributed by atoms with Crippen LogP contribution in [-0.2, 0) is 6.42 Å². The van der Waals surface area contributed by atoms with Gasteiger partial charge in [-0.2, -0.15) is 0 Å². The van der Waals surface area contributed by atoms with Crippen LogP contribution in [0.15, 0.2) is 36.4 Å². The molecule has 1 aliphatic rings. The minimum atomic E-state index is -0.364. The monoisotopic (exact) mass is 327 g/mol. The highest BCUT2D eigenvalue weighted by Crippen LogP contribution is 2.20. The molecule has 0 saturated heterocycles. The van der Waals surface area contributed by atoms with Crippen molar-refractivity contribution in [3.8, 4) is 0 Å². The van der Waals surface area contributed by atoms with Crippen LogP contribution < -0.4 is 10.6 Å². The zero-order chi connectivity index (χ0) is 17.1. The van der Waals surface area contributed by atoms with Crippen molar-refractivity contribution in [2.75, 3.05) is 7.05 Å². The number of aromatic nitrogens is 1. The molecule has 1 saturated carbocycles. The Morgan fingerprint density at radius 1 is 1.21 bits per heavy atom. The lowest BCUT2D eigenvalue weighted by Crippen LogP contribution is -2.27. The molecule has 0 aliphatic heterocycles. The number of rotatable bonds is 5. The molecular weight excluding hydrogens is 309 g/mol. The van der Waals surface area contributed by atoms with E-state index < -0.39 is 0 Å². The molecule has 0 spiro atoms. The summed E-state index contributed by atoms with van der Waals surface area (Å²) in [6.45, 7) is 0. The number of nitrogens with one attached hydrogen (secondary N) is 2. The molecule has 2 amide bonds. The van der Waals surface area contributed by atoms with E-state index in [1.165, 1.54) is 25.2 Å². The van der Waals surface area contributed by atoms with E-state index in [0.29, 0.717) is 17.7 Å². The SMILES string of the molecule is CNC(=O)c1cc(C(=O)NC2CC2)cc(Cc2cccc(F)c2)n1. The van der Waals surface area contributed by atoms with Gasteiger partial charge in [0.2, 0.25) is 0 Å². The van der Waals surface area contributed by atoms with Gasteiger partial charge in [0.15, 0.2) is 0 Å². The summed E-state index contributed by atoms with van der Waals surface area (Å²) in [6, 6.07) is 9.53. The van der Waals surface area contributed by atoms with Crippen molar-refractivity contribution in [2.45, 2.75) is 25.3 Å². The van der Waals surface area contributed by atoms with Gasteiger partial charge in [0.05, 0.1) is 0 Å². The largest absolute Gasteiger partial charge is 0.354 e. The summed E-state index contributed by atoms with van der Waals surface area (Å²) in [5.41, 5.74) is 1.84. The van der Waals surface area contributed by atoms with Crippen LogP contribution in [0.4, 0.5) is 4.39 Å². The topological polar surface area (TPSA) is 71.1 Å². The Labute approximate surface area is 139 Å².